The van der Waals surface area contributed by atoms with Gasteiger partial charge < -0.3 is 20.5 Å². The maximum atomic E-state index is 5.81. The number of nitrogens with one attached hydrogen (secondary N) is 1. The molecule has 0 spiro atoms. The number of thiocarbonyl (C=S) groups is 1. The number of rotatable bonds is 4. The maximum Gasteiger partial charge on any atom is 0.136 e. The first-order chi connectivity index (χ1) is 9.74. The molecule has 1 unspecified atom stereocenters. The minimum absolute atomic E-state index is 0.0537. The molecule has 0 saturated carbocycles. The van der Waals surface area contributed by atoms with Gasteiger partial charge in [-0.2, -0.15) is 0 Å². The zero-order valence-electron chi connectivity index (χ0n) is 11.4. The molecule has 1 saturated heterocycles. The van der Waals surface area contributed by atoms with Crippen LogP contribution in [0.25, 0.3) is 0 Å². The molecular weight excluding hydrogens is 274 g/mol. The van der Waals surface area contributed by atoms with Crippen molar-refractivity contribution in [1.82, 2.24) is 4.98 Å². The van der Waals surface area contributed by atoms with E-state index in [4.69, 9.17) is 27.4 Å². The monoisotopic (exact) mass is 293 g/mol. The molecule has 1 fully saturated rings. The average molecular weight is 293 g/mol. The van der Waals surface area contributed by atoms with Gasteiger partial charge in [0.15, 0.2) is 0 Å². The molecule has 1 aromatic heterocycles. The predicted molar refractivity (Wildman–Crippen MR) is 81.2 cm³/mol. The van der Waals surface area contributed by atoms with E-state index < -0.39 is 0 Å². The Hall–Kier alpha value is -1.24. The standard InChI is InChI=1S/C14H19N3O2S/c15-13(20)11-6-9-2-1-3-12(9)17-14(11)16-7-10-8-18-4-5-19-10/h6,10H,1-5,7-8H2,(H2,15,20)(H,16,17). The molecule has 0 bridgehead atoms. The molecule has 0 aromatic carbocycles. The van der Waals surface area contributed by atoms with Crippen LogP contribution in [0.1, 0.15) is 23.2 Å². The number of pyridine rings is 1. The van der Waals surface area contributed by atoms with Crippen LogP contribution in [0.5, 0.6) is 0 Å². The van der Waals surface area contributed by atoms with Crippen LogP contribution in [0, 0.1) is 0 Å². The molecule has 1 aliphatic heterocycles. The van der Waals surface area contributed by atoms with Crippen LogP contribution in [0.2, 0.25) is 0 Å². The number of aromatic nitrogens is 1. The van der Waals surface area contributed by atoms with Gasteiger partial charge in [-0.3, -0.25) is 0 Å². The van der Waals surface area contributed by atoms with E-state index in [2.05, 4.69) is 16.4 Å². The van der Waals surface area contributed by atoms with Crippen LogP contribution < -0.4 is 11.1 Å². The average Bonchev–Trinajstić information content (AvgIpc) is 2.92. The maximum absolute atomic E-state index is 5.81. The summed E-state index contributed by atoms with van der Waals surface area (Å²) in [5.41, 5.74) is 9.08. The van der Waals surface area contributed by atoms with Crippen molar-refractivity contribution in [3.8, 4) is 0 Å². The largest absolute Gasteiger partial charge is 0.389 e. The highest BCUT2D eigenvalue weighted by molar-refractivity contribution is 7.80. The van der Waals surface area contributed by atoms with E-state index in [0.717, 1.165) is 36.3 Å². The van der Waals surface area contributed by atoms with Gasteiger partial charge in [-0.1, -0.05) is 12.2 Å². The number of hydrogen-bond acceptors (Lipinski definition) is 5. The van der Waals surface area contributed by atoms with Gasteiger partial charge in [-0.15, -0.1) is 0 Å². The molecule has 1 aromatic rings. The predicted octanol–water partition coefficient (Wildman–Crippen LogP) is 1.03. The summed E-state index contributed by atoms with van der Waals surface area (Å²) in [6.45, 7) is 2.58. The first-order valence-electron chi connectivity index (χ1n) is 7.00. The minimum atomic E-state index is 0.0537. The van der Waals surface area contributed by atoms with Crippen LogP contribution in [0.4, 0.5) is 5.82 Å². The number of fused-ring (bicyclic) bond motifs is 1. The van der Waals surface area contributed by atoms with Gasteiger partial charge >= 0.3 is 0 Å². The minimum Gasteiger partial charge on any atom is -0.389 e. The summed E-state index contributed by atoms with van der Waals surface area (Å²) >= 11 is 5.13. The van der Waals surface area contributed by atoms with Crippen LogP contribution in [0.3, 0.4) is 0 Å². The third kappa shape index (κ3) is 2.92. The summed E-state index contributed by atoms with van der Waals surface area (Å²) in [7, 11) is 0. The van der Waals surface area contributed by atoms with E-state index >= 15 is 0 Å². The topological polar surface area (TPSA) is 69.4 Å². The lowest BCUT2D eigenvalue weighted by Gasteiger charge is -2.24. The number of anilines is 1. The molecule has 1 aliphatic carbocycles. The van der Waals surface area contributed by atoms with E-state index in [-0.39, 0.29) is 6.10 Å². The lowest BCUT2D eigenvalue weighted by Crippen LogP contribution is -2.34. The lowest BCUT2D eigenvalue weighted by atomic mass is 10.1. The van der Waals surface area contributed by atoms with Gasteiger partial charge in [0.1, 0.15) is 10.8 Å². The Morgan fingerprint density at radius 2 is 2.35 bits per heavy atom. The number of aryl methyl sites for hydroxylation is 2. The van der Waals surface area contributed by atoms with Crippen LogP contribution in [-0.2, 0) is 22.3 Å². The first-order valence-corrected chi connectivity index (χ1v) is 7.40. The Bertz CT molecular complexity index is 515. The molecule has 0 radical (unpaired) electrons. The second-order valence-electron chi connectivity index (χ2n) is 5.16. The smallest absolute Gasteiger partial charge is 0.136 e. The Balaban J connectivity index is 1.75. The highest BCUT2D eigenvalue weighted by Crippen LogP contribution is 2.25. The van der Waals surface area contributed by atoms with Gasteiger partial charge in [0.25, 0.3) is 0 Å². The Morgan fingerprint density at radius 1 is 1.45 bits per heavy atom. The summed E-state index contributed by atoms with van der Waals surface area (Å²) in [4.78, 5) is 5.07. The Labute approximate surface area is 123 Å². The fraction of sp³-hybridized carbons (Fsp3) is 0.571. The van der Waals surface area contributed by atoms with Crippen LogP contribution in [0.15, 0.2) is 6.07 Å². The third-order valence-electron chi connectivity index (χ3n) is 3.70. The number of hydrogen-bond donors (Lipinski definition) is 2. The SMILES string of the molecule is NC(=S)c1cc2c(nc1NCC1COCCO1)CCC2. The molecule has 3 N–H and O–H groups in total. The van der Waals surface area contributed by atoms with Crippen molar-refractivity contribution in [3.63, 3.8) is 0 Å². The highest BCUT2D eigenvalue weighted by atomic mass is 32.1. The van der Waals surface area contributed by atoms with Crippen molar-refractivity contribution in [1.29, 1.82) is 0 Å². The molecule has 0 amide bonds. The van der Waals surface area contributed by atoms with E-state index in [9.17, 15) is 0 Å². The van der Waals surface area contributed by atoms with Gasteiger partial charge in [0.05, 0.1) is 31.5 Å². The number of ether oxygens (including phenoxy) is 2. The molecule has 6 heteroatoms. The molecule has 20 heavy (non-hydrogen) atoms. The van der Waals surface area contributed by atoms with E-state index in [1.54, 1.807) is 0 Å². The second kappa shape index (κ2) is 6.03. The lowest BCUT2D eigenvalue weighted by molar-refractivity contribution is -0.0819. The van der Waals surface area contributed by atoms with Crippen LogP contribution in [-0.4, -0.2) is 42.4 Å². The van der Waals surface area contributed by atoms with Crippen molar-refractivity contribution < 1.29 is 9.47 Å². The molecule has 3 rings (SSSR count). The fourth-order valence-corrected chi connectivity index (χ4v) is 2.82. The second-order valence-corrected chi connectivity index (χ2v) is 5.60. The van der Waals surface area contributed by atoms with Gasteiger partial charge in [0.2, 0.25) is 0 Å². The normalized spacial score (nSPS) is 21.5. The summed E-state index contributed by atoms with van der Waals surface area (Å²) in [5.74, 6) is 0.771. The molecule has 1 atom stereocenters. The van der Waals surface area contributed by atoms with Gasteiger partial charge in [-0.25, -0.2) is 4.98 Å². The summed E-state index contributed by atoms with van der Waals surface area (Å²) in [6.07, 6.45) is 3.31. The van der Waals surface area contributed by atoms with Crippen molar-refractivity contribution in [2.24, 2.45) is 5.73 Å². The zero-order valence-corrected chi connectivity index (χ0v) is 12.2. The molecule has 2 heterocycles. The number of nitrogens with two attached hydrogens (primary N) is 1. The summed E-state index contributed by atoms with van der Waals surface area (Å²) in [6, 6.07) is 2.08. The van der Waals surface area contributed by atoms with E-state index in [1.807, 2.05) is 0 Å². The number of nitrogens with zero attached hydrogens (tertiary/aromatic N) is 1. The van der Waals surface area contributed by atoms with Gasteiger partial charge in [-0.05, 0) is 30.9 Å². The summed E-state index contributed by atoms with van der Waals surface area (Å²) < 4.78 is 11.0. The Morgan fingerprint density at radius 3 is 3.10 bits per heavy atom. The zero-order chi connectivity index (χ0) is 13.9. The van der Waals surface area contributed by atoms with Crippen molar-refractivity contribution in [2.75, 3.05) is 31.7 Å². The molecular formula is C14H19N3O2S. The van der Waals surface area contributed by atoms with Crippen molar-refractivity contribution >= 4 is 23.0 Å². The molecule has 5 nitrogen and oxygen atoms in total. The van der Waals surface area contributed by atoms with Gasteiger partial charge in [0, 0.05) is 12.2 Å². The van der Waals surface area contributed by atoms with Crippen LogP contribution >= 0.6 is 12.2 Å². The quantitative estimate of drug-likeness (QED) is 0.808. The summed E-state index contributed by atoms with van der Waals surface area (Å²) in [5, 5.41) is 3.31. The third-order valence-corrected chi connectivity index (χ3v) is 3.92. The Kier molecular flexibility index (Phi) is 4.14. The van der Waals surface area contributed by atoms with Crippen molar-refractivity contribution in [3.05, 3.63) is 22.9 Å². The fourth-order valence-electron chi connectivity index (χ4n) is 2.66. The molecule has 108 valence electrons. The van der Waals surface area contributed by atoms with E-state index in [0.29, 0.717) is 31.4 Å². The van der Waals surface area contributed by atoms with Crippen molar-refractivity contribution in [2.45, 2.75) is 25.4 Å². The first kappa shape index (κ1) is 13.7. The highest BCUT2D eigenvalue weighted by Gasteiger charge is 2.19. The van der Waals surface area contributed by atoms with E-state index in [1.165, 1.54) is 5.56 Å². The molecule has 2 aliphatic rings.